The summed E-state index contributed by atoms with van der Waals surface area (Å²) in [5.74, 6) is -0.574. The Labute approximate surface area is 296 Å². The van der Waals surface area contributed by atoms with E-state index in [4.69, 9.17) is 4.74 Å². The van der Waals surface area contributed by atoms with Crippen LogP contribution in [0.2, 0.25) is 0 Å². The smallest absolute Gasteiger partial charge is 0.407 e. The van der Waals surface area contributed by atoms with E-state index in [-0.39, 0.29) is 30.9 Å². The fourth-order valence-electron chi connectivity index (χ4n) is 5.31. The van der Waals surface area contributed by atoms with E-state index in [0.29, 0.717) is 19.4 Å². The normalized spacial score (nSPS) is 13.6. The van der Waals surface area contributed by atoms with E-state index in [0.717, 1.165) is 33.1 Å². The number of urea groups is 1. The number of rotatable bonds is 17. The molecule has 262 valence electrons. The Morgan fingerprint density at radius 2 is 1.61 bits per heavy atom. The van der Waals surface area contributed by atoms with Crippen LogP contribution in [0.25, 0.3) is 0 Å². The minimum absolute atomic E-state index is 0.0679. The Balaban J connectivity index is 1.47. The van der Waals surface area contributed by atoms with Gasteiger partial charge in [0.2, 0.25) is 5.91 Å². The molecule has 0 fully saturated rings. The van der Waals surface area contributed by atoms with Gasteiger partial charge >= 0.3 is 12.1 Å². The van der Waals surface area contributed by atoms with Gasteiger partial charge in [-0.3, -0.25) is 9.78 Å². The van der Waals surface area contributed by atoms with Crippen molar-refractivity contribution in [2.75, 3.05) is 7.05 Å². The van der Waals surface area contributed by atoms with Crippen LogP contribution in [0.5, 0.6) is 0 Å². The van der Waals surface area contributed by atoms with Crippen LogP contribution in [-0.2, 0) is 41.9 Å². The standard InChI is InChI=1S/C36H46N6O5S2/c1-5-32-38-28(22-48-32)20-42(4)35(45)41-33(24(2)3)34(44)39-27(16-25-12-8-6-9-13-25)18-31(43)30(17-26-14-10-7-11-15-26)40-36(46)47-21-29-19-37-23-49-29/h6-15,19,22-24,27,30-31,33,43H,5,16-18,20-21H2,1-4H3,(H,39,44)(H,40,46)(H,41,45)/t27-,30-,31-,33-/m0/s1. The number of carbonyl (C=O) groups is 3. The van der Waals surface area contributed by atoms with Gasteiger partial charge in [-0.2, -0.15) is 0 Å². The number of thiazole rings is 2. The number of nitrogens with one attached hydrogen (secondary N) is 3. The number of aliphatic hydroxyl groups excluding tert-OH is 1. The molecule has 0 aliphatic heterocycles. The molecule has 4 amide bonds. The molecular formula is C36H46N6O5S2. The predicted molar refractivity (Wildman–Crippen MR) is 192 cm³/mol. The molecule has 4 rings (SSSR count). The van der Waals surface area contributed by atoms with Gasteiger partial charge < -0.3 is 30.7 Å². The van der Waals surface area contributed by atoms with E-state index in [2.05, 4.69) is 25.9 Å². The van der Waals surface area contributed by atoms with Crippen molar-refractivity contribution in [2.24, 2.45) is 5.92 Å². The van der Waals surface area contributed by atoms with Crippen LogP contribution in [0.1, 0.15) is 53.9 Å². The predicted octanol–water partition coefficient (Wildman–Crippen LogP) is 5.34. The molecule has 2 aromatic heterocycles. The highest BCUT2D eigenvalue weighted by atomic mass is 32.1. The molecule has 4 N–H and O–H groups in total. The van der Waals surface area contributed by atoms with Gasteiger partial charge in [0.25, 0.3) is 0 Å². The van der Waals surface area contributed by atoms with Crippen LogP contribution in [0.15, 0.2) is 77.8 Å². The highest BCUT2D eigenvalue weighted by Crippen LogP contribution is 2.17. The first-order valence-corrected chi connectivity index (χ1v) is 18.2. The molecule has 0 aliphatic carbocycles. The van der Waals surface area contributed by atoms with Crippen molar-refractivity contribution in [3.8, 4) is 0 Å². The van der Waals surface area contributed by atoms with Gasteiger partial charge in [-0.15, -0.1) is 22.7 Å². The molecular weight excluding hydrogens is 661 g/mol. The number of nitrogens with zero attached hydrogens (tertiary/aromatic N) is 3. The summed E-state index contributed by atoms with van der Waals surface area (Å²) < 4.78 is 5.42. The maximum atomic E-state index is 13.8. The minimum atomic E-state index is -1.05. The van der Waals surface area contributed by atoms with Crippen molar-refractivity contribution in [2.45, 2.75) is 83.8 Å². The van der Waals surface area contributed by atoms with E-state index >= 15 is 0 Å². The maximum absolute atomic E-state index is 13.8. The SMILES string of the molecule is CCc1nc(CN(C)C(=O)N[C@H](C(=O)N[C@@H](Cc2ccccc2)C[C@H](O)[C@H](Cc2ccccc2)NC(=O)OCc2cncs2)C(C)C)cs1. The van der Waals surface area contributed by atoms with Gasteiger partial charge in [0.15, 0.2) is 0 Å². The number of ether oxygens (including phenoxy) is 1. The zero-order valence-electron chi connectivity index (χ0n) is 28.4. The Kier molecular flexibility index (Phi) is 14.5. The Morgan fingerprint density at radius 3 is 2.20 bits per heavy atom. The number of hydrogen-bond donors (Lipinski definition) is 4. The van der Waals surface area contributed by atoms with E-state index in [1.165, 1.54) is 16.2 Å². The fourth-order valence-corrected chi connectivity index (χ4v) is 6.55. The summed E-state index contributed by atoms with van der Waals surface area (Å²) in [5, 5.41) is 23.4. The molecule has 0 bridgehead atoms. The second kappa shape index (κ2) is 19.0. The van der Waals surface area contributed by atoms with E-state index < -0.39 is 30.3 Å². The summed E-state index contributed by atoms with van der Waals surface area (Å²) in [6, 6.07) is 16.8. The zero-order valence-corrected chi connectivity index (χ0v) is 30.0. The Morgan fingerprint density at radius 1 is 0.939 bits per heavy atom. The minimum Gasteiger partial charge on any atom is -0.444 e. The Bertz CT molecular complexity index is 1590. The molecule has 11 nitrogen and oxygen atoms in total. The lowest BCUT2D eigenvalue weighted by Crippen LogP contribution is -2.55. The average molecular weight is 707 g/mol. The zero-order chi connectivity index (χ0) is 35.2. The van der Waals surface area contributed by atoms with Crippen molar-refractivity contribution in [3.63, 3.8) is 0 Å². The maximum Gasteiger partial charge on any atom is 0.407 e. The number of aliphatic hydroxyl groups is 1. The number of amides is 4. The van der Waals surface area contributed by atoms with Crippen LogP contribution in [0.3, 0.4) is 0 Å². The fraction of sp³-hybridized carbons (Fsp3) is 0.417. The molecule has 13 heteroatoms. The molecule has 49 heavy (non-hydrogen) atoms. The second-order valence-electron chi connectivity index (χ2n) is 12.3. The first-order valence-electron chi connectivity index (χ1n) is 16.4. The summed E-state index contributed by atoms with van der Waals surface area (Å²) in [6.07, 6.45) is 1.67. The van der Waals surface area contributed by atoms with Gasteiger partial charge in [-0.25, -0.2) is 14.6 Å². The van der Waals surface area contributed by atoms with Gasteiger partial charge in [0, 0.05) is 24.7 Å². The number of aryl methyl sites for hydroxylation is 1. The molecule has 4 atom stereocenters. The summed E-state index contributed by atoms with van der Waals surface area (Å²) in [6.45, 7) is 6.17. The number of benzene rings is 2. The molecule has 0 aliphatic rings. The van der Waals surface area contributed by atoms with Crippen molar-refractivity contribution in [1.82, 2.24) is 30.8 Å². The van der Waals surface area contributed by atoms with Crippen LogP contribution in [0, 0.1) is 5.92 Å². The average Bonchev–Trinajstić information content (AvgIpc) is 3.79. The van der Waals surface area contributed by atoms with Crippen molar-refractivity contribution in [1.29, 1.82) is 0 Å². The van der Waals surface area contributed by atoms with Gasteiger partial charge in [-0.05, 0) is 42.7 Å². The first kappa shape index (κ1) is 37.5. The monoisotopic (exact) mass is 706 g/mol. The quantitative estimate of drug-likeness (QED) is 0.116. The third-order valence-electron chi connectivity index (χ3n) is 7.97. The van der Waals surface area contributed by atoms with Crippen molar-refractivity contribution in [3.05, 3.63) is 104 Å². The number of hydrogen-bond acceptors (Lipinski definition) is 9. The lowest BCUT2D eigenvalue weighted by Gasteiger charge is -2.30. The van der Waals surface area contributed by atoms with Gasteiger partial charge in [-0.1, -0.05) is 81.4 Å². The molecule has 0 spiro atoms. The largest absolute Gasteiger partial charge is 0.444 e. The molecule has 0 unspecified atom stereocenters. The lowest BCUT2D eigenvalue weighted by molar-refractivity contribution is -0.124. The molecule has 2 heterocycles. The summed E-state index contributed by atoms with van der Waals surface area (Å²) in [7, 11) is 1.67. The van der Waals surface area contributed by atoms with Gasteiger partial charge in [0.05, 0.1) is 39.8 Å². The molecule has 0 radical (unpaired) electrons. The number of carbonyl (C=O) groups excluding carboxylic acids is 3. The van der Waals surface area contributed by atoms with Crippen LogP contribution >= 0.6 is 22.7 Å². The van der Waals surface area contributed by atoms with E-state index in [9.17, 15) is 19.5 Å². The highest BCUT2D eigenvalue weighted by molar-refractivity contribution is 7.09. The van der Waals surface area contributed by atoms with E-state index in [1.54, 1.807) is 30.1 Å². The summed E-state index contributed by atoms with van der Waals surface area (Å²) >= 11 is 2.94. The van der Waals surface area contributed by atoms with Crippen LogP contribution < -0.4 is 16.0 Å². The highest BCUT2D eigenvalue weighted by Gasteiger charge is 2.31. The lowest BCUT2D eigenvalue weighted by atomic mass is 9.93. The molecule has 0 saturated heterocycles. The first-order chi connectivity index (χ1) is 23.6. The van der Waals surface area contributed by atoms with Crippen molar-refractivity contribution < 1.29 is 24.2 Å². The number of alkyl carbamates (subject to hydrolysis) is 1. The third-order valence-corrected chi connectivity index (χ3v) is 9.76. The van der Waals surface area contributed by atoms with Gasteiger partial charge in [0.1, 0.15) is 12.6 Å². The molecule has 4 aromatic rings. The molecule has 2 aromatic carbocycles. The van der Waals surface area contributed by atoms with Crippen LogP contribution in [-0.4, -0.2) is 69.3 Å². The molecule has 0 saturated carbocycles. The number of aromatic nitrogens is 2. The van der Waals surface area contributed by atoms with Crippen LogP contribution in [0.4, 0.5) is 9.59 Å². The van der Waals surface area contributed by atoms with E-state index in [1.807, 2.05) is 86.8 Å². The summed E-state index contributed by atoms with van der Waals surface area (Å²) in [4.78, 5) is 50.8. The summed E-state index contributed by atoms with van der Waals surface area (Å²) in [5.41, 5.74) is 4.36. The topological polar surface area (TPSA) is 146 Å². The van der Waals surface area contributed by atoms with Crippen molar-refractivity contribution >= 4 is 40.7 Å². The second-order valence-corrected chi connectivity index (χ2v) is 14.2. The third kappa shape index (κ3) is 12.3. The Hall–Kier alpha value is -4.33.